The molecule has 2 fully saturated rings. The van der Waals surface area contributed by atoms with Crippen LogP contribution in [0.15, 0.2) is 12.2 Å². The quantitative estimate of drug-likeness (QED) is 0.585. The first-order valence-corrected chi connectivity index (χ1v) is 6.17. The minimum absolute atomic E-state index is 0.136. The van der Waals surface area contributed by atoms with Crippen LogP contribution >= 0.6 is 0 Å². The molecule has 1 nitrogen and oxygen atoms in total. The van der Waals surface area contributed by atoms with Crippen molar-refractivity contribution < 1.29 is 5.11 Å². The molecule has 0 saturated heterocycles. The van der Waals surface area contributed by atoms with Crippen LogP contribution in [-0.4, -0.2) is 11.2 Å². The van der Waals surface area contributed by atoms with E-state index in [1.807, 2.05) is 0 Å². The van der Waals surface area contributed by atoms with E-state index in [0.29, 0.717) is 5.41 Å². The van der Waals surface area contributed by atoms with E-state index in [2.05, 4.69) is 12.2 Å². The average Bonchev–Trinajstić information content (AvgIpc) is 2.54. The molecule has 0 aromatic rings. The van der Waals surface area contributed by atoms with Crippen LogP contribution in [0.1, 0.15) is 51.4 Å². The second kappa shape index (κ2) is 2.85. The van der Waals surface area contributed by atoms with Gasteiger partial charge in [-0.15, -0.1) is 0 Å². The van der Waals surface area contributed by atoms with Crippen molar-refractivity contribution in [3.8, 4) is 0 Å². The molecule has 3 aliphatic rings. The summed E-state index contributed by atoms with van der Waals surface area (Å²) in [4.78, 5) is 0. The molecule has 0 spiro atoms. The lowest BCUT2D eigenvalue weighted by molar-refractivity contribution is -0.0750. The second-order valence-corrected chi connectivity index (χ2v) is 5.53. The summed E-state index contributed by atoms with van der Waals surface area (Å²) in [7, 11) is 0. The molecule has 0 aromatic heterocycles. The highest BCUT2D eigenvalue weighted by Gasteiger charge is 2.57. The third kappa shape index (κ3) is 0.894. The Balaban J connectivity index is 2.03. The minimum atomic E-state index is -0.136. The normalized spacial score (nSPS) is 51.4. The van der Waals surface area contributed by atoms with Gasteiger partial charge >= 0.3 is 0 Å². The van der Waals surface area contributed by atoms with E-state index in [0.717, 1.165) is 0 Å². The zero-order chi connectivity index (χ0) is 9.65. The number of aliphatic hydroxyl groups is 1. The Labute approximate surface area is 86.2 Å². The topological polar surface area (TPSA) is 20.2 Å². The van der Waals surface area contributed by atoms with Crippen LogP contribution in [0, 0.1) is 10.8 Å². The summed E-state index contributed by atoms with van der Waals surface area (Å²) in [5, 5.41) is 10.2. The number of rotatable bonds is 0. The van der Waals surface area contributed by atoms with Crippen molar-refractivity contribution in [1.29, 1.82) is 0 Å². The highest BCUT2D eigenvalue weighted by atomic mass is 16.3. The molecule has 2 saturated carbocycles. The van der Waals surface area contributed by atoms with Crippen LogP contribution in [-0.2, 0) is 0 Å². The molecule has 0 aromatic carbocycles. The zero-order valence-corrected chi connectivity index (χ0v) is 8.84. The van der Waals surface area contributed by atoms with E-state index in [4.69, 9.17) is 0 Å². The number of aliphatic hydroxyl groups excluding tert-OH is 1. The Morgan fingerprint density at radius 3 is 2.07 bits per heavy atom. The van der Waals surface area contributed by atoms with Crippen molar-refractivity contribution in [2.24, 2.45) is 10.8 Å². The Kier molecular flexibility index (Phi) is 1.82. The Morgan fingerprint density at radius 1 is 0.929 bits per heavy atom. The molecule has 1 unspecified atom stereocenters. The van der Waals surface area contributed by atoms with Gasteiger partial charge in [0, 0.05) is 5.41 Å². The van der Waals surface area contributed by atoms with Gasteiger partial charge in [0.2, 0.25) is 0 Å². The first kappa shape index (κ1) is 8.96. The summed E-state index contributed by atoms with van der Waals surface area (Å²) in [6.07, 6.45) is 14.9. The molecule has 0 bridgehead atoms. The van der Waals surface area contributed by atoms with Crippen LogP contribution in [0.5, 0.6) is 0 Å². The molecule has 78 valence electrons. The largest absolute Gasteiger partial charge is 0.388 e. The monoisotopic (exact) mass is 192 g/mol. The van der Waals surface area contributed by atoms with Crippen molar-refractivity contribution >= 4 is 0 Å². The van der Waals surface area contributed by atoms with Crippen LogP contribution in [0.2, 0.25) is 0 Å². The lowest BCUT2D eigenvalue weighted by Crippen LogP contribution is -2.48. The summed E-state index contributed by atoms with van der Waals surface area (Å²) in [6.45, 7) is 0. The summed E-state index contributed by atoms with van der Waals surface area (Å²) in [5.74, 6) is 0. The van der Waals surface area contributed by atoms with Gasteiger partial charge in [0.25, 0.3) is 0 Å². The molecular formula is C13H20O. The smallest absolute Gasteiger partial charge is 0.0785 e. The highest BCUT2D eigenvalue weighted by Crippen LogP contribution is 2.64. The Hall–Kier alpha value is -0.300. The number of allylic oxidation sites excluding steroid dienone is 1. The second-order valence-electron chi connectivity index (χ2n) is 5.53. The summed E-state index contributed by atoms with van der Waals surface area (Å²) in [5.41, 5.74) is 0.673. The van der Waals surface area contributed by atoms with E-state index < -0.39 is 0 Å². The van der Waals surface area contributed by atoms with Crippen molar-refractivity contribution in [3.63, 3.8) is 0 Å². The fourth-order valence-electron chi connectivity index (χ4n) is 4.39. The number of hydrogen-bond acceptors (Lipinski definition) is 1. The lowest BCUT2D eigenvalue weighted by atomic mass is 9.51. The van der Waals surface area contributed by atoms with E-state index in [-0.39, 0.29) is 11.5 Å². The first-order valence-electron chi connectivity index (χ1n) is 6.17. The molecule has 1 atom stereocenters. The lowest BCUT2D eigenvalue weighted by Gasteiger charge is -2.54. The van der Waals surface area contributed by atoms with E-state index in [9.17, 15) is 5.11 Å². The predicted molar refractivity (Wildman–Crippen MR) is 56.9 cm³/mol. The van der Waals surface area contributed by atoms with E-state index >= 15 is 0 Å². The molecule has 1 heteroatoms. The molecule has 0 amide bonds. The molecule has 0 heterocycles. The molecule has 3 aliphatic carbocycles. The third-order valence-corrected chi connectivity index (χ3v) is 5.15. The van der Waals surface area contributed by atoms with Crippen molar-refractivity contribution in [2.75, 3.05) is 0 Å². The number of hydrogen-bond donors (Lipinski definition) is 1. The maximum atomic E-state index is 10.2. The summed E-state index contributed by atoms with van der Waals surface area (Å²) in [6, 6.07) is 0. The minimum Gasteiger partial charge on any atom is -0.388 e. The molecule has 3 rings (SSSR count). The average molecular weight is 192 g/mol. The van der Waals surface area contributed by atoms with Crippen molar-refractivity contribution in [3.05, 3.63) is 12.2 Å². The van der Waals surface area contributed by atoms with Crippen LogP contribution < -0.4 is 0 Å². The predicted octanol–water partition coefficient (Wildman–Crippen LogP) is 3.04. The van der Waals surface area contributed by atoms with E-state index in [1.165, 1.54) is 51.4 Å². The van der Waals surface area contributed by atoms with Crippen LogP contribution in [0.25, 0.3) is 0 Å². The third-order valence-electron chi connectivity index (χ3n) is 5.15. The standard InChI is InChI=1S/C13H20O/c14-11-5-10-12-6-1-3-8-13(11,12)9-4-2-7-12/h5,10-11,14H,1-4,6-9H2. The van der Waals surface area contributed by atoms with E-state index in [1.54, 1.807) is 0 Å². The fourth-order valence-corrected chi connectivity index (χ4v) is 4.39. The maximum absolute atomic E-state index is 10.2. The SMILES string of the molecule is OC1C=CC23CCCCC12CCCC3. The van der Waals surface area contributed by atoms with Crippen LogP contribution in [0.4, 0.5) is 0 Å². The maximum Gasteiger partial charge on any atom is 0.0785 e. The van der Waals surface area contributed by atoms with Crippen molar-refractivity contribution in [2.45, 2.75) is 57.5 Å². The van der Waals surface area contributed by atoms with Crippen molar-refractivity contribution in [1.82, 2.24) is 0 Å². The highest BCUT2D eigenvalue weighted by molar-refractivity contribution is 5.24. The Bertz CT molecular complexity index is 254. The zero-order valence-electron chi connectivity index (χ0n) is 8.84. The fraction of sp³-hybridized carbons (Fsp3) is 0.846. The van der Waals surface area contributed by atoms with Crippen LogP contribution in [0.3, 0.4) is 0 Å². The molecule has 0 radical (unpaired) electrons. The summed E-state index contributed by atoms with van der Waals surface area (Å²) < 4.78 is 0. The van der Waals surface area contributed by atoms with Gasteiger partial charge in [-0.05, 0) is 31.1 Å². The van der Waals surface area contributed by atoms with Gasteiger partial charge in [0.1, 0.15) is 0 Å². The van der Waals surface area contributed by atoms with Gasteiger partial charge in [-0.3, -0.25) is 0 Å². The molecule has 0 aliphatic heterocycles. The van der Waals surface area contributed by atoms with Gasteiger partial charge in [0.15, 0.2) is 0 Å². The Morgan fingerprint density at radius 2 is 1.50 bits per heavy atom. The van der Waals surface area contributed by atoms with Gasteiger partial charge in [-0.25, -0.2) is 0 Å². The van der Waals surface area contributed by atoms with Gasteiger partial charge < -0.3 is 5.11 Å². The first-order chi connectivity index (χ1) is 6.79. The van der Waals surface area contributed by atoms with Gasteiger partial charge in [-0.1, -0.05) is 37.8 Å². The van der Waals surface area contributed by atoms with Gasteiger partial charge in [-0.2, -0.15) is 0 Å². The molecular weight excluding hydrogens is 172 g/mol. The molecule has 14 heavy (non-hydrogen) atoms. The molecule has 1 N–H and O–H groups in total. The summed E-state index contributed by atoms with van der Waals surface area (Å²) >= 11 is 0. The van der Waals surface area contributed by atoms with Gasteiger partial charge in [0.05, 0.1) is 6.10 Å².